The fourth-order valence-electron chi connectivity index (χ4n) is 2.25. The zero-order chi connectivity index (χ0) is 14.8. The van der Waals surface area contributed by atoms with Gasteiger partial charge >= 0.3 is 0 Å². The minimum Gasteiger partial charge on any atom is -0.381 e. The van der Waals surface area contributed by atoms with Crippen LogP contribution in [0.1, 0.15) is 12.5 Å². The highest BCUT2D eigenvalue weighted by atomic mass is 35.5. The molecule has 0 saturated carbocycles. The Morgan fingerprint density at radius 3 is 2.75 bits per heavy atom. The van der Waals surface area contributed by atoms with Crippen LogP contribution in [0.3, 0.4) is 0 Å². The third kappa shape index (κ3) is 2.95. The maximum atomic E-state index is 13.6. The van der Waals surface area contributed by atoms with Gasteiger partial charge in [-0.3, -0.25) is 0 Å². The van der Waals surface area contributed by atoms with Gasteiger partial charge in [0, 0.05) is 4.70 Å². The van der Waals surface area contributed by atoms with Gasteiger partial charge in [0.25, 0.3) is 0 Å². The van der Waals surface area contributed by atoms with Crippen LogP contribution in [0.2, 0.25) is 0 Å². The number of hydrogen-bond acceptors (Lipinski definition) is 3. The molecule has 0 spiro atoms. The van der Waals surface area contributed by atoms with Crippen molar-refractivity contribution in [3.8, 4) is 0 Å². The second-order valence-electron chi connectivity index (χ2n) is 4.60. The van der Waals surface area contributed by atoms with E-state index in [1.807, 2.05) is 24.4 Å². The molecule has 2 atom stereocenters. The van der Waals surface area contributed by atoms with Crippen molar-refractivity contribution in [3.63, 3.8) is 0 Å². The summed E-state index contributed by atoms with van der Waals surface area (Å²) in [4.78, 5) is -0.922. The Hall–Kier alpha value is -0.390. The summed E-state index contributed by atoms with van der Waals surface area (Å²) < 4.78 is 14.6. The largest absolute Gasteiger partial charge is 0.381 e. The Kier molecular flexibility index (Phi) is 5.26. The molecule has 2 unspecified atom stereocenters. The highest BCUT2D eigenvalue weighted by Crippen LogP contribution is 2.34. The van der Waals surface area contributed by atoms with Gasteiger partial charge in [-0.1, -0.05) is 19.1 Å². The number of aliphatic hydroxyl groups is 1. The van der Waals surface area contributed by atoms with Gasteiger partial charge in [-0.15, -0.1) is 34.5 Å². The molecular weight excluding hydrogens is 320 g/mol. The molecule has 20 heavy (non-hydrogen) atoms. The third-order valence-electron chi connectivity index (χ3n) is 3.35. The van der Waals surface area contributed by atoms with E-state index in [0.717, 1.165) is 10.1 Å². The van der Waals surface area contributed by atoms with Gasteiger partial charge in [0.1, 0.15) is 17.1 Å². The van der Waals surface area contributed by atoms with Crippen LogP contribution >= 0.6 is 34.5 Å². The van der Waals surface area contributed by atoms with Crippen molar-refractivity contribution in [1.29, 1.82) is 0 Å². The lowest BCUT2D eigenvalue weighted by Gasteiger charge is -2.35. The van der Waals surface area contributed by atoms with Gasteiger partial charge in [0.05, 0.1) is 6.04 Å². The summed E-state index contributed by atoms with van der Waals surface area (Å²) in [6.07, 6.45) is 0. The molecule has 0 aliphatic carbocycles. The number of likely N-dealkylation sites (N-methyl/N-ethyl adjacent to an activating group) is 1. The van der Waals surface area contributed by atoms with E-state index in [9.17, 15) is 9.50 Å². The summed E-state index contributed by atoms with van der Waals surface area (Å²) in [5.74, 6) is 0. The van der Waals surface area contributed by atoms with Crippen molar-refractivity contribution < 1.29 is 9.50 Å². The molecule has 6 heteroatoms. The van der Waals surface area contributed by atoms with E-state index < -0.39 is 23.2 Å². The van der Waals surface area contributed by atoms with Crippen LogP contribution in [-0.4, -0.2) is 29.2 Å². The zero-order valence-corrected chi connectivity index (χ0v) is 13.3. The van der Waals surface area contributed by atoms with Crippen LogP contribution in [0, 0.1) is 0 Å². The Morgan fingerprint density at radius 2 is 2.15 bits per heavy atom. The fourth-order valence-corrected chi connectivity index (χ4v) is 3.67. The summed E-state index contributed by atoms with van der Waals surface area (Å²) in [6, 6.07) is 6.57. The normalized spacial score (nSPS) is 16.5. The second kappa shape index (κ2) is 6.58. The Balaban J connectivity index is 2.46. The highest BCUT2D eigenvalue weighted by Gasteiger charge is 2.42. The standard InChI is InChI=1S/C14H16Cl2FNOS/c1-2-18-12(13(15)16)14(19,8-17)10-4-3-9-5-6-20-11(9)7-10/h3-7,12-13,18-19H,2,8H2,1H3. The van der Waals surface area contributed by atoms with Gasteiger partial charge in [-0.25, -0.2) is 4.39 Å². The quantitative estimate of drug-likeness (QED) is 0.786. The molecule has 2 aromatic rings. The van der Waals surface area contributed by atoms with Crippen molar-refractivity contribution in [2.75, 3.05) is 13.2 Å². The summed E-state index contributed by atoms with van der Waals surface area (Å²) in [5, 5.41) is 16.7. The summed E-state index contributed by atoms with van der Waals surface area (Å²) in [7, 11) is 0. The summed E-state index contributed by atoms with van der Waals surface area (Å²) >= 11 is 13.4. The van der Waals surface area contributed by atoms with Gasteiger partial charge in [-0.05, 0) is 35.0 Å². The van der Waals surface area contributed by atoms with Gasteiger partial charge < -0.3 is 10.4 Å². The lowest BCUT2D eigenvalue weighted by molar-refractivity contribution is -0.0205. The van der Waals surface area contributed by atoms with E-state index in [1.54, 1.807) is 23.5 Å². The molecule has 0 saturated heterocycles. The molecule has 2 rings (SSSR count). The lowest BCUT2D eigenvalue weighted by Crippen LogP contribution is -2.53. The van der Waals surface area contributed by atoms with Crippen molar-refractivity contribution in [1.82, 2.24) is 5.32 Å². The Morgan fingerprint density at radius 1 is 1.40 bits per heavy atom. The average molecular weight is 336 g/mol. The Bertz CT molecular complexity index is 577. The molecule has 0 bridgehead atoms. The van der Waals surface area contributed by atoms with Crippen LogP contribution in [0.15, 0.2) is 29.6 Å². The minimum absolute atomic E-state index is 0.479. The van der Waals surface area contributed by atoms with Crippen LogP contribution in [0.5, 0.6) is 0 Å². The van der Waals surface area contributed by atoms with Crippen LogP contribution < -0.4 is 5.32 Å². The van der Waals surface area contributed by atoms with Crippen molar-refractivity contribution in [3.05, 3.63) is 35.2 Å². The van der Waals surface area contributed by atoms with Crippen molar-refractivity contribution in [2.24, 2.45) is 0 Å². The average Bonchev–Trinajstić information content (AvgIpc) is 2.91. The first kappa shape index (κ1) is 16.0. The number of thiophene rings is 1. The summed E-state index contributed by atoms with van der Waals surface area (Å²) in [5.41, 5.74) is -1.27. The first-order chi connectivity index (χ1) is 9.52. The molecule has 110 valence electrons. The van der Waals surface area contributed by atoms with E-state index in [1.165, 1.54) is 0 Å². The number of hydrogen-bond donors (Lipinski definition) is 2. The van der Waals surface area contributed by atoms with Crippen molar-refractivity contribution in [2.45, 2.75) is 23.4 Å². The lowest BCUT2D eigenvalue weighted by atomic mass is 9.87. The Labute approximate surface area is 131 Å². The summed E-state index contributed by atoms with van der Waals surface area (Å²) in [6.45, 7) is 1.42. The van der Waals surface area contributed by atoms with Crippen LogP contribution in [-0.2, 0) is 5.60 Å². The van der Waals surface area contributed by atoms with Crippen LogP contribution in [0.25, 0.3) is 10.1 Å². The molecule has 0 radical (unpaired) electrons. The first-order valence-electron chi connectivity index (χ1n) is 6.30. The molecule has 1 aromatic carbocycles. The molecule has 1 heterocycles. The molecule has 0 amide bonds. The van der Waals surface area contributed by atoms with E-state index in [4.69, 9.17) is 23.2 Å². The third-order valence-corrected chi connectivity index (χ3v) is 4.73. The number of rotatable bonds is 6. The maximum Gasteiger partial charge on any atom is 0.136 e. The van der Waals surface area contributed by atoms with E-state index in [0.29, 0.717) is 12.1 Å². The minimum atomic E-state index is -1.75. The molecule has 0 aliphatic rings. The SMILES string of the molecule is CCNC(C(Cl)Cl)C(O)(CF)c1ccc2ccsc2c1. The van der Waals surface area contributed by atoms with E-state index in [-0.39, 0.29) is 0 Å². The monoisotopic (exact) mass is 335 g/mol. The van der Waals surface area contributed by atoms with Crippen molar-refractivity contribution >= 4 is 44.6 Å². The smallest absolute Gasteiger partial charge is 0.136 e. The molecular formula is C14H16Cl2FNOS. The van der Waals surface area contributed by atoms with E-state index in [2.05, 4.69) is 5.32 Å². The number of nitrogens with one attached hydrogen (secondary N) is 1. The fraction of sp³-hybridized carbons (Fsp3) is 0.429. The first-order valence-corrected chi connectivity index (χ1v) is 8.05. The van der Waals surface area contributed by atoms with E-state index >= 15 is 0 Å². The predicted octanol–water partition coefficient (Wildman–Crippen LogP) is 3.84. The highest BCUT2D eigenvalue weighted by molar-refractivity contribution is 7.17. The number of alkyl halides is 3. The van der Waals surface area contributed by atoms with Crippen LogP contribution in [0.4, 0.5) is 4.39 Å². The molecule has 1 aromatic heterocycles. The number of fused-ring (bicyclic) bond motifs is 1. The molecule has 0 fully saturated rings. The zero-order valence-electron chi connectivity index (χ0n) is 10.9. The number of benzene rings is 1. The molecule has 2 nitrogen and oxygen atoms in total. The molecule has 2 N–H and O–H groups in total. The maximum absolute atomic E-state index is 13.6. The number of halogens is 3. The van der Waals surface area contributed by atoms with Gasteiger partial charge in [0.2, 0.25) is 0 Å². The van der Waals surface area contributed by atoms with Gasteiger partial charge in [-0.2, -0.15) is 0 Å². The van der Waals surface area contributed by atoms with Gasteiger partial charge in [0.15, 0.2) is 0 Å². The molecule has 0 aliphatic heterocycles. The predicted molar refractivity (Wildman–Crippen MR) is 84.7 cm³/mol. The topological polar surface area (TPSA) is 32.3 Å². The second-order valence-corrected chi connectivity index (χ2v) is 6.71.